The molecule has 54 heavy (non-hydrogen) atoms. The number of amidine groups is 1. The minimum Gasteiger partial charge on any atom is -0.368 e. The standard InChI is InChI=1S/C48H40N6/c1-54(32-33-15-5-2-6-16-33)45-42-25-14-30-49-43(42)40-23-11-12-24-41(40)44(45)50-39-22-13-21-38(31-39)34-26-28-37(29-27-34)48-52-46(35-17-7-3-8-18-35)51-47(53-48)36-19-9-4-10-20-36/h2-31,46,48,50,52H,32H2,1H3,(H,51,53). The van der Waals surface area contributed by atoms with Crippen LogP contribution in [0.15, 0.2) is 187 Å². The van der Waals surface area contributed by atoms with Crippen LogP contribution in [0.5, 0.6) is 0 Å². The maximum absolute atomic E-state index is 5.13. The Morgan fingerprint density at radius 1 is 0.593 bits per heavy atom. The molecule has 0 radical (unpaired) electrons. The molecule has 0 aliphatic carbocycles. The molecule has 6 nitrogen and oxygen atoms in total. The average Bonchev–Trinajstić information content (AvgIpc) is 3.25. The average molecular weight is 701 g/mol. The lowest BCUT2D eigenvalue weighted by Crippen LogP contribution is -2.44. The normalized spacial score (nSPS) is 15.4. The predicted octanol–water partition coefficient (Wildman–Crippen LogP) is 10.8. The molecule has 2 atom stereocenters. The quantitative estimate of drug-likeness (QED) is 0.103. The summed E-state index contributed by atoms with van der Waals surface area (Å²) in [6.07, 6.45) is 1.59. The molecule has 0 spiro atoms. The number of aliphatic imine (C=N–C) groups is 1. The summed E-state index contributed by atoms with van der Waals surface area (Å²) in [7, 11) is 2.17. The topological polar surface area (TPSA) is 64.6 Å². The lowest BCUT2D eigenvalue weighted by Gasteiger charge is -2.32. The van der Waals surface area contributed by atoms with Gasteiger partial charge in [-0.3, -0.25) is 10.3 Å². The first kappa shape index (κ1) is 33.1. The van der Waals surface area contributed by atoms with Gasteiger partial charge in [0.1, 0.15) is 18.2 Å². The lowest BCUT2D eigenvalue weighted by molar-refractivity contribution is 0.409. The van der Waals surface area contributed by atoms with Crippen molar-refractivity contribution in [2.75, 3.05) is 17.3 Å². The van der Waals surface area contributed by atoms with E-state index < -0.39 is 0 Å². The van der Waals surface area contributed by atoms with Crippen molar-refractivity contribution in [1.29, 1.82) is 0 Å². The first-order chi connectivity index (χ1) is 26.7. The van der Waals surface area contributed by atoms with E-state index in [0.29, 0.717) is 0 Å². The zero-order chi connectivity index (χ0) is 36.3. The largest absolute Gasteiger partial charge is 0.368 e. The summed E-state index contributed by atoms with van der Waals surface area (Å²) in [5.74, 6) is 0.877. The van der Waals surface area contributed by atoms with E-state index in [0.717, 1.165) is 78.9 Å². The minimum absolute atomic E-state index is 0.0788. The molecular formula is C48H40N6. The second-order valence-corrected chi connectivity index (χ2v) is 13.7. The molecule has 9 rings (SSSR count). The molecule has 1 aliphatic rings. The van der Waals surface area contributed by atoms with Crippen LogP contribution in [0.3, 0.4) is 0 Å². The van der Waals surface area contributed by atoms with Crippen molar-refractivity contribution in [1.82, 2.24) is 15.6 Å². The number of rotatable bonds is 9. The summed E-state index contributed by atoms with van der Waals surface area (Å²) in [5.41, 5.74) is 11.0. The number of hydrogen-bond acceptors (Lipinski definition) is 6. The van der Waals surface area contributed by atoms with Crippen molar-refractivity contribution in [3.05, 3.63) is 204 Å². The monoisotopic (exact) mass is 700 g/mol. The van der Waals surface area contributed by atoms with Crippen molar-refractivity contribution in [3.63, 3.8) is 0 Å². The molecule has 2 heterocycles. The van der Waals surface area contributed by atoms with Gasteiger partial charge in [-0.15, -0.1) is 0 Å². The fourth-order valence-electron chi connectivity index (χ4n) is 7.51. The Hall–Kier alpha value is -6.76. The number of nitrogens with one attached hydrogen (secondary N) is 3. The van der Waals surface area contributed by atoms with Gasteiger partial charge in [0, 0.05) is 47.2 Å². The first-order valence-corrected chi connectivity index (χ1v) is 18.4. The Morgan fingerprint density at radius 3 is 2.04 bits per heavy atom. The number of anilines is 3. The van der Waals surface area contributed by atoms with Crippen LogP contribution in [0.4, 0.5) is 17.1 Å². The summed E-state index contributed by atoms with van der Waals surface area (Å²) in [5, 5.41) is 14.6. The van der Waals surface area contributed by atoms with Crippen LogP contribution >= 0.6 is 0 Å². The van der Waals surface area contributed by atoms with Gasteiger partial charge in [0.05, 0.1) is 16.9 Å². The summed E-state index contributed by atoms with van der Waals surface area (Å²) in [4.78, 5) is 12.3. The zero-order valence-electron chi connectivity index (χ0n) is 30.0. The Balaban J connectivity index is 1.05. The summed E-state index contributed by atoms with van der Waals surface area (Å²) >= 11 is 0. The smallest absolute Gasteiger partial charge is 0.131 e. The number of hydrogen-bond donors (Lipinski definition) is 3. The van der Waals surface area contributed by atoms with Crippen molar-refractivity contribution >= 4 is 44.6 Å². The molecule has 0 saturated heterocycles. The molecule has 3 N–H and O–H groups in total. The Bertz CT molecular complexity index is 2570. The summed E-state index contributed by atoms with van der Waals surface area (Å²) in [6, 6.07) is 61.6. The van der Waals surface area contributed by atoms with Gasteiger partial charge in [0.2, 0.25) is 0 Å². The van der Waals surface area contributed by atoms with Crippen molar-refractivity contribution in [2.45, 2.75) is 18.9 Å². The molecule has 0 bridgehead atoms. The van der Waals surface area contributed by atoms with E-state index in [1.807, 2.05) is 24.4 Å². The van der Waals surface area contributed by atoms with Gasteiger partial charge in [-0.1, -0.05) is 152 Å². The molecule has 262 valence electrons. The molecule has 2 unspecified atom stereocenters. The molecule has 7 aromatic carbocycles. The van der Waals surface area contributed by atoms with E-state index in [2.05, 4.69) is 186 Å². The third kappa shape index (κ3) is 6.67. The van der Waals surface area contributed by atoms with Gasteiger partial charge < -0.3 is 15.5 Å². The predicted molar refractivity (Wildman–Crippen MR) is 224 cm³/mol. The Labute approximate surface area is 315 Å². The SMILES string of the molecule is CN(Cc1ccccc1)c1c(Nc2cccc(-c3ccc(C4N=C(c5ccccc5)NC(c5ccccc5)N4)cc3)c2)c2ccccc2c2ncccc12. The van der Waals surface area contributed by atoms with Crippen molar-refractivity contribution < 1.29 is 0 Å². The number of fused-ring (bicyclic) bond motifs is 3. The lowest BCUT2D eigenvalue weighted by atomic mass is 9.99. The zero-order valence-corrected chi connectivity index (χ0v) is 30.0. The van der Waals surface area contributed by atoms with Gasteiger partial charge in [-0.05, 0) is 52.1 Å². The Kier molecular flexibility index (Phi) is 9.01. The van der Waals surface area contributed by atoms with E-state index >= 15 is 0 Å². The van der Waals surface area contributed by atoms with E-state index in [4.69, 9.17) is 9.98 Å². The third-order valence-corrected chi connectivity index (χ3v) is 10.1. The molecule has 0 fully saturated rings. The van der Waals surface area contributed by atoms with Gasteiger partial charge in [-0.2, -0.15) is 0 Å². The van der Waals surface area contributed by atoms with Crippen LogP contribution in [0.25, 0.3) is 32.8 Å². The van der Waals surface area contributed by atoms with Gasteiger partial charge in [-0.25, -0.2) is 4.99 Å². The summed E-state index contributed by atoms with van der Waals surface area (Å²) < 4.78 is 0. The van der Waals surface area contributed by atoms with Crippen molar-refractivity contribution in [2.24, 2.45) is 4.99 Å². The molecule has 0 amide bonds. The molecule has 0 saturated carbocycles. The highest BCUT2D eigenvalue weighted by Gasteiger charge is 2.25. The highest BCUT2D eigenvalue weighted by atomic mass is 15.3. The van der Waals surface area contributed by atoms with Crippen molar-refractivity contribution in [3.8, 4) is 11.1 Å². The second-order valence-electron chi connectivity index (χ2n) is 13.7. The highest BCUT2D eigenvalue weighted by molar-refractivity contribution is 6.19. The van der Waals surface area contributed by atoms with Crippen LogP contribution in [-0.2, 0) is 6.54 Å². The molecule has 1 aliphatic heterocycles. The first-order valence-electron chi connectivity index (χ1n) is 18.4. The second kappa shape index (κ2) is 14.7. The van der Waals surface area contributed by atoms with E-state index in [1.165, 1.54) is 5.56 Å². The van der Waals surface area contributed by atoms with Crippen LogP contribution in [0.2, 0.25) is 0 Å². The van der Waals surface area contributed by atoms with E-state index in [-0.39, 0.29) is 12.3 Å². The van der Waals surface area contributed by atoms with Gasteiger partial charge in [0.15, 0.2) is 0 Å². The minimum atomic E-state index is -0.212. The van der Waals surface area contributed by atoms with E-state index in [1.54, 1.807) is 0 Å². The van der Waals surface area contributed by atoms with Crippen LogP contribution in [-0.4, -0.2) is 17.9 Å². The molecule has 6 heteroatoms. The molecular weight excluding hydrogens is 661 g/mol. The van der Waals surface area contributed by atoms with Crippen LogP contribution < -0.4 is 20.9 Å². The molecule has 8 aromatic rings. The fourth-order valence-corrected chi connectivity index (χ4v) is 7.51. The third-order valence-electron chi connectivity index (χ3n) is 10.1. The fraction of sp³-hybridized carbons (Fsp3) is 0.0833. The van der Waals surface area contributed by atoms with Gasteiger partial charge >= 0.3 is 0 Å². The van der Waals surface area contributed by atoms with Gasteiger partial charge in [0.25, 0.3) is 0 Å². The number of benzene rings is 7. The van der Waals surface area contributed by atoms with E-state index in [9.17, 15) is 0 Å². The Morgan fingerprint density at radius 2 is 1.26 bits per heavy atom. The number of pyridine rings is 1. The van der Waals surface area contributed by atoms with Crippen LogP contribution in [0.1, 0.15) is 34.6 Å². The molecule has 1 aromatic heterocycles. The summed E-state index contributed by atoms with van der Waals surface area (Å²) in [6.45, 7) is 0.763. The number of aromatic nitrogens is 1. The maximum Gasteiger partial charge on any atom is 0.131 e. The number of nitrogens with zero attached hydrogens (tertiary/aromatic N) is 3. The maximum atomic E-state index is 5.13. The van der Waals surface area contributed by atoms with Crippen LogP contribution in [0, 0.1) is 0 Å². The highest BCUT2D eigenvalue weighted by Crippen LogP contribution is 2.43.